The summed E-state index contributed by atoms with van der Waals surface area (Å²) in [6.45, 7) is 18.9. The predicted molar refractivity (Wildman–Crippen MR) is 134 cm³/mol. The molecular weight excluding hydrogens is 390 g/mol. The first-order valence-corrected chi connectivity index (χ1v) is 13.3. The number of carbonyl (C=O) groups excluding carboxylic acids is 1. The maximum atomic E-state index is 11.7. The quantitative estimate of drug-likeness (QED) is 0.206. The lowest BCUT2D eigenvalue weighted by molar-refractivity contribution is -0.105. The first kappa shape index (κ1) is 25.3. The molecule has 6 atom stereocenters. The first-order chi connectivity index (χ1) is 15.0. The van der Waals surface area contributed by atoms with Gasteiger partial charge in [0.15, 0.2) is 0 Å². The molecule has 3 aliphatic carbocycles. The van der Waals surface area contributed by atoms with Crippen LogP contribution in [0.4, 0.5) is 0 Å². The number of nitrogens with zero attached hydrogens (tertiary/aromatic N) is 1. The Morgan fingerprint density at radius 1 is 1.12 bits per heavy atom. The Bertz CT molecular complexity index is 800. The minimum atomic E-state index is -0.0907. The Hall–Kier alpha value is -1.36. The van der Waals surface area contributed by atoms with Crippen LogP contribution in [0, 0.1) is 51.2 Å². The van der Waals surface area contributed by atoms with Crippen molar-refractivity contribution >= 4 is 6.29 Å². The van der Waals surface area contributed by atoms with Gasteiger partial charge in [0.05, 0.1) is 6.07 Å². The van der Waals surface area contributed by atoms with E-state index in [2.05, 4.69) is 54.2 Å². The number of nitriles is 1. The van der Waals surface area contributed by atoms with Crippen LogP contribution in [0.5, 0.6) is 0 Å². The van der Waals surface area contributed by atoms with Crippen LogP contribution < -0.4 is 0 Å². The standard InChI is InChI=1S/C30H47NO/c1-21(2)10-8-11-22(3)25-14-17-30(7)27-13-12-24(23(4)20-32)28(5,16-9-19-31)26(27)15-18-29(25,30)6/h20-22,24-25H,4,8-18H2,1-3,5-7H3. The van der Waals surface area contributed by atoms with E-state index in [1.807, 2.05) is 0 Å². The molecule has 0 spiro atoms. The summed E-state index contributed by atoms with van der Waals surface area (Å²) in [5, 5.41) is 9.37. The SMILES string of the molecule is C=C(C=O)C1CCC2=C(CCC3(C)C(C(C)CCCC(C)C)CCC23C)C1(C)CCC#N. The highest BCUT2D eigenvalue weighted by Gasteiger charge is 2.61. The highest BCUT2D eigenvalue weighted by molar-refractivity contribution is 5.73. The van der Waals surface area contributed by atoms with Gasteiger partial charge in [-0.25, -0.2) is 0 Å². The van der Waals surface area contributed by atoms with Crippen LogP contribution in [0.25, 0.3) is 0 Å². The summed E-state index contributed by atoms with van der Waals surface area (Å²) in [7, 11) is 0. The van der Waals surface area contributed by atoms with Crippen molar-refractivity contribution in [3.63, 3.8) is 0 Å². The molecule has 0 radical (unpaired) electrons. The molecule has 6 unspecified atom stereocenters. The summed E-state index contributed by atoms with van der Waals surface area (Å²) in [6, 6.07) is 2.39. The molecule has 1 fully saturated rings. The third kappa shape index (κ3) is 4.03. The summed E-state index contributed by atoms with van der Waals surface area (Å²) in [5.41, 5.74) is 4.58. The molecule has 0 aliphatic heterocycles. The van der Waals surface area contributed by atoms with E-state index in [0.717, 1.165) is 55.3 Å². The Morgan fingerprint density at radius 3 is 2.47 bits per heavy atom. The Balaban J connectivity index is 1.94. The van der Waals surface area contributed by atoms with Gasteiger partial charge >= 0.3 is 0 Å². The zero-order chi connectivity index (χ0) is 23.7. The van der Waals surface area contributed by atoms with Gasteiger partial charge in [-0.2, -0.15) is 5.26 Å². The average Bonchev–Trinajstić information content (AvgIpc) is 3.03. The molecule has 1 saturated carbocycles. The smallest absolute Gasteiger partial charge is 0.145 e. The van der Waals surface area contributed by atoms with E-state index >= 15 is 0 Å². The highest BCUT2D eigenvalue weighted by atomic mass is 16.1. The summed E-state index contributed by atoms with van der Waals surface area (Å²) in [4.78, 5) is 11.7. The predicted octanol–water partition coefficient (Wildman–Crippen LogP) is 8.44. The van der Waals surface area contributed by atoms with E-state index in [9.17, 15) is 10.1 Å². The van der Waals surface area contributed by atoms with Crippen molar-refractivity contribution < 1.29 is 4.79 Å². The molecule has 2 nitrogen and oxygen atoms in total. The monoisotopic (exact) mass is 437 g/mol. The van der Waals surface area contributed by atoms with Crippen molar-refractivity contribution in [2.24, 2.45) is 39.9 Å². The van der Waals surface area contributed by atoms with Crippen LogP contribution in [0.2, 0.25) is 0 Å². The van der Waals surface area contributed by atoms with Crippen molar-refractivity contribution in [3.05, 3.63) is 23.3 Å². The number of fused-ring (bicyclic) bond motifs is 2. The molecule has 32 heavy (non-hydrogen) atoms. The largest absolute Gasteiger partial charge is 0.298 e. The minimum Gasteiger partial charge on any atom is -0.298 e. The molecule has 178 valence electrons. The zero-order valence-electron chi connectivity index (χ0n) is 21.7. The van der Waals surface area contributed by atoms with E-state index in [4.69, 9.17) is 0 Å². The maximum absolute atomic E-state index is 11.7. The van der Waals surface area contributed by atoms with E-state index in [0.29, 0.717) is 11.8 Å². The lowest BCUT2D eigenvalue weighted by atomic mass is 9.47. The van der Waals surface area contributed by atoms with Crippen LogP contribution >= 0.6 is 0 Å². The Labute approximate surface area is 197 Å². The number of carbonyl (C=O) groups is 1. The molecule has 2 heteroatoms. The van der Waals surface area contributed by atoms with Gasteiger partial charge in [0.25, 0.3) is 0 Å². The average molecular weight is 438 g/mol. The lowest BCUT2D eigenvalue weighted by Gasteiger charge is -2.57. The molecule has 0 aromatic heterocycles. The topological polar surface area (TPSA) is 40.9 Å². The second-order valence-corrected chi connectivity index (χ2v) is 12.5. The second kappa shape index (κ2) is 9.48. The normalized spacial score (nSPS) is 37.6. The Kier molecular flexibility index (Phi) is 7.49. The minimum absolute atomic E-state index is 0.0907. The van der Waals surface area contributed by atoms with Gasteiger partial charge < -0.3 is 0 Å². The van der Waals surface area contributed by atoms with Crippen LogP contribution in [0.15, 0.2) is 23.3 Å². The molecule has 0 N–H and O–H groups in total. The Morgan fingerprint density at radius 2 is 1.84 bits per heavy atom. The summed E-state index contributed by atoms with van der Waals surface area (Å²) < 4.78 is 0. The van der Waals surface area contributed by atoms with Crippen molar-refractivity contribution in [2.45, 2.75) is 112 Å². The molecule has 0 aromatic carbocycles. The molecule has 0 bridgehead atoms. The third-order valence-electron chi connectivity index (χ3n) is 10.6. The number of allylic oxidation sites excluding steroid dienone is 3. The van der Waals surface area contributed by atoms with E-state index in [1.165, 1.54) is 38.5 Å². The molecular formula is C30H47NO. The fourth-order valence-electron chi connectivity index (χ4n) is 8.44. The lowest BCUT2D eigenvalue weighted by Crippen LogP contribution is -2.48. The molecule has 0 saturated heterocycles. The fourth-order valence-corrected chi connectivity index (χ4v) is 8.44. The molecule has 3 aliphatic rings. The number of hydrogen-bond donors (Lipinski definition) is 0. The van der Waals surface area contributed by atoms with Gasteiger partial charge in [0.2, 0.25) is 0 Å². The fraction of sp³-hybridized carbons (Fsp3) is 0.800. The van der Waals surface area contributed by atoms with Crippen molar-refractivity contribution in [1.29, 1.82) is 5.26 Å². The number of hydrogen-bond acceptors (Lipinski definition) is 2. The van der Waals surface area contributed by atoms with Crippen LogP contribution in [0.3, 0.4) is 0 Å². The molecule has 0 heterocycles. The highest BCUT2D eigenvalue weighted by Crippen LogP contribution is 2.71. The number of aldehydes is 1. The first-order valence-electron chi connectivity index (χ1n) is 13.3. The van der Waals surface area contributed by atoms with Gasteiger partial charge in [-0.05, 0) is 90.4 Å². The molecule has 0 amide bonds. The van der Waals surface area contributed by atoms with E-state index in [-0.39, 0.29) is 16.7 Å². The van der Waals surface area contributed by atoms with Crippen molar-refractivity contribution in [1.82, 2.24) is 0 Å². The maximum Gasteiger partial charge on any atom is 0.145 e. The van der Waals surface area contributed by atoms with E-state index < -0.39 is 0 Å². The molecule has 0 aromatic rings. The van der Waals surface area contributed by atoms with Gasteiger partial charge in [-0.3, -0.25) is 4.79 Å². The van der Waals surface area contributed by atoms with Gasteiger partial charge in [0, 0.05) is 6.42 Å². The number of rotatable bonds is 9. The van der Waals surface area contributed by atoms with Crippen LogP contribution in [-0.2, 0) is 4.79 Å². The van der Waals surface area contributed by atoms with Gasteiger partial charge in [-0.15, -0.1) is 0 Å². The zero-order valence-corrected chi connectivity index (χ0v) is 21.7. The van der Waals surface area contributed by atoms with Crippen LogP contribution in [-0.4, -0.2) is 6.29 Å². The second-order valence-electron chi connectivity index (χ2n) is 12.5. The summed E-state index contributed by atoms with van der Waals surface area (Å²) in [6.07, 6.45) is 13.6. The van der Waals surface area contributed by atoms with Crippen LogP contribution in [0.1, 0.15) is 112 Å². The van der Waals surface area contributed by atoms with Gasteiger partial charge in [0.1, 0.15) is 6.29 Å². The molecule has 3 rings (SSSR count). The van der Waals surface area contributed by atoms with Crippen molar-refractivity contribution in [2.75, 3.05) is 0 Å². The summed E-state index contributed by atoms with van der Waals surface area (Å²) >= 11 is 0. The van der Waals surface area contributed by atoms with Gasteiger partial charge in [-0.1, -0.05) is 78.5 Å². The van der Waals surface area contributed by atoms with E-state index in [1.54, 1.807) is 11.1 Å². The van der Waals surface area contributed by atoms with Crippen molar-refractivity contribution in [3.8, 4) is 6.07 Å². The third-order valence-corrected chi connectivity index (χ3v) is 10.6. The summed E-state index contributed by atoms with van der Waals surface area (Å²) in [5.74, 6) is 2.59.